The number of fused-ring (bicyclic) bond motifs is 4. The first-order chi connectivity index (χ1) is 21.0. The van der Waals surface area contributed by atoms with Crippen LogP contribution in [0.3, 0.4) is 0 Å². The predicted octanol–water partition coefficient (Wildman–Crippen LogP) is 5.66. The SMILES string of the molecule is CO[C@H]1/C=C/C[C@H](C)[C@@H](OC)C(=O)NS(=O)(=O)c2ccc3c(c2)N(CC2(C)CC[C@@H]12)C[C@@]1(CCCc2cc(Cl)ccc21)CO3. The van der Waals surface area contributed by atoms with Crippen molar-refractivity contribution in [3.63, 3.8) is 0 Å². The lowest BCUT2D eigenvalue weighted by Gasteiger charge is -2.53. The number of methoxy groups -OCH3 is 2. The van der Waals surface area contributed by atoms with E-state index in [0.717, 1.165) is 42.8 Å². The lowest BCUT2D eigenvalue weighted by molar-refractivity contribution is -0.131. The molecule has 0 radical (unpaired) electrons. The molecule has 6 atom stereocenters. The molecule has 2 aliphatic carbocycles. The highest BCUT2D eigenvalue weighted by Gasteiger charge is 2.50. The van der Waals surface area contributed by atoms with Gasteiger partial charge in [0, 0.05) is 37.7 Å². The number of anilines is 1. The average Bonchev–Trinajstić information content (AvgIpc) is 3.12. The van der Waals surface area contributed by atoms with E-state index < -0.39 is 22.0 Å². The van der Waals surface area contributed by atoms with Crippen molar-refractivity contribution in [2.75, 3.05) is 38.8 Å². The van der Waals surface area contributed by atoms with E-state index in [2.05, 4.69) is 34.8 Å². The molecule has 0 aromatic heterocycles. The van der Waals surface area contributed by atoms with Gasteiger partial charge in [-0.1, -0.05) is 43.7 Å². The van der Waals surface area contributed by atoms with E-state index in [-0.39, 0.29) is 33.7 Å². The second kappa shape index (κ2) is 12.0. The molecule has 1 spiro atoms. The van der Waals surface area contributed by atoms with E-state index in [0.29, 0.717) is 31.9 Å². The Morgan fingerprint density at radius 1 is 1.09 bits per heavy atom. The summed E-state index contributed by atoms with van der Waals surface area (Å²) in [6, 6.07) is 11.1. The molecule has 238 valence electrons. The Morgan fingerprint density at radius 3 is 2.64 bits per heavy atom. The number of aryl methyl sites for hydroxylation is 1. The van der Waals surface area contributed by atoms with Gasteiger partial charge >= 0.3 is 0 Å². The highest BCUT2D eigenvalue weighted by atomic mass is 35.5. The van der Waals surface area contributed by atoms with Crippen molar-refractivity contribution >= 4 is 33.2 Å². The van der Waals surface area contributed by atoms with Crippen LogP contribution in [0.25, 0.3) is 0 Å². The monoisotopic (exact) mass is 642 g/mol. The molecule has 8 nitrogen and oxygen atoms in total. The van der Waals surface area contributed by atoms with Crippen molar-refractivity contribution in [3.05, 3.63) is 64.7 Å². The maximum absolute atomic E-state index is 13.6. The molecule has 6 rings (SSSR count). The van der Waals surface area contributed by atoms with E-state index in [1.165, 1.54) is 24.3 Å². The molecule has 2 aromatic carbocycles. The highest BCUT2D eigenvalue weighted by Crippen LogP contribution is 2.52. The molecule has 44 heavy (non-hydrogen) atoms. The maximum Gasteiger partial charge on any atom is 0.264 e. The van der Waals surface area contributed by atoms with Crippen LogP contribution in [0.2, 0.25) is 5.02 Å². The number of sulfonamides is 1. The summed E-state index contributed by atoms with van der Waals surface area (Å²) in [7, 11) is -0.993. The van der Waals surface area contributed by atoms with Gasteiger partial charge in [-0.25, -0.2) is 13.1 Å². The summed E-state index contributed by atoms with van der Waals surface area (Å²) in [6.45, 7) is 6.06. The number of benzene rings is 2. The molecule has 2 aliphatic heterocycles. The highest BCUT2D eigenvalue weighted by molar-refractivity contribution is 7.90. The number of nitrogens with zero attached hydrogens (tertiary/aromatic N) is 1. The second-order valence-electron chi connectivity index (χ2n) is 13.5. The summed E-state index contributed by atoms with van der Waals surface area (Å²) in [4.78, 5) is 15.6. The fraction of sp³-hybridized carbons (Fsp3) is 0.559. The van der Waals surface area contributed by atoms with Crippen LogP contribution in [0.1, 0.15) is 57.1 Å². The molecule has 2 heterocycles. The van der Waals surface area contributed by atoms with E-state index in [9.17, 15) is 13.2 Å². The molecule has 4 aliphatic rings. The number of allylic oxidation sites excluding steroid dienone is 1. The largest absolute Gasteiger partial charge is 0.490 e. The van der Waals surface area contributed by atoms with E-state index in [4.69, 9.17) is 25.8 Å². The number of amides is 1. The van der Waals surface area contributed by atoms with Crippen LogP contribution >= 0.6 is 11.6 Å². The van der Waals surface area contributed by atoms with E-state index in [1.54, 1.807) is 19.2 Å². The fourth-order valence-electron chi connectivity index (χ4n) is 8.01. The summed E-state index contributed by atoms with van der Waals surface area (Å²) >= 11 is 6.42. The van der Waals surface area contributed by atoms with Gasteiger partial charge in [-0.2, -0.15) is 0 Å². The molecule has 2 bridgehead atoms. The Kier molecular flexibility index (Phi) is 8.54. The van der Waals surface area contributed by atoms with Crippen LogP contribution in [-0.2, 0) is 36.1 Å². The van der Waals surface area contributed by atoms with Crippen LogP contribution < -0.4 is 14.4 Å². The normalized spacial score (nSPS) is 34.0. The van der Waals surface area contributed by atoms with Crippen molar-refractivity contribution in [1.29, 1.82) is 0 Å². The third-order valence-corrected chi connectivity index (χ3v) is 12.1. The van der Waals surface area contributed by atoms with Crippen molar-refractivity contribution in [2.45, 2.75) is 74.9 Å². The van der Waals surface area contributed by atoms with Crippen LogP contribution in [0.15, 0.2) is 53.4 Å². The molecule has 1 N–H and O–H groups in total. The first-order valence-corrected chi connectivity index (χ1v) is 17.4. The quantitative estimate of drug-likeness (QED) is 0.423. The van der Waals surface area contributed by atoms with Gasteiger partial charge in [0.2, 0.25) is 0 Å². The van der Waals surface area contributed by atoms with E-state index >= 15 is 0 Å². The van der Waals surface area contributed by atoms with E-state index in [1.807, 2.05) is 19.1 Å². The van der Waals surface area contributed by atoms with Crippen LogP contribution in [0, 0.1) is 17.3 Å². The van der Waals surface area contributed by atoms with Gasteiger partial charge in [0.15, 0.2) is 0 Å². The van der Waals surface area contributed by atoms with Crippen LogP contribution in [0.5, 0.6) is 5.75 Å². The van der Waals surface area contributed by atoms with Crippen molar-refractivity contribution in [2.24, 2.45) is 17.3 Å². The molecule has 2 aromatic rings. The van der Waals surface area contributed by atoms with Gasteiger partial charge < -0.3 is 19.1 Å². The van der Waals surface area contributed by atoms with Gasteiger partial charge in [-0.15, -0.1) is 0 Å². The molecule has 1 saturated carbocycles. The number of hydrogen-bond acceptors (Lipinski definition) is 7. The van der Waals surface area contributed by atoms with Gasteiger partial charge in [-0.05, 0) is 97.2 Å². The molecule has 0 saturated heterocycles. The number of carbonyl (C=O) groups excluding carboxylic acids is 1. The van der Waals surface area contributed by atoms with Crippen LogP contribution in [0.4, 0.5) is 5.69 Å². The molecule has 1 unspecified atom stereocenters. The van der Waals surface area contributed by atoms with Gasteiger partial charge in [0.1, 0.15) is 11.9 Å². The number of nitrogens with one attached hydrogen (secondary N) is 1. The predicted molar refractivity (Wildman–Crippen MR) is 171 cm³/mol. The van der Waals surface area contributed by atoms with Gasteiger partial charge in [0.25, 0.3) is 15.9 Å². The molecular weight excluding hydrogens is 600 g/mol. The first-order valence-electron chi connectivity index (χ1n) is 15.6. The lowest BCUT2D eigenvalue weighted by Crippen LogP contribution is -2.54. The third-order valence-electron chi connectivity index (χ3n) is 10.6. The maximum atomic E-state index is 13.6. The van der Waals surface area contributed by atoms with Crippen molar-refractivity contribution in [3.8, 4) is 5.75 Å². The Labute approximate surface area is 266 Å². The number of hydrogen-bond donors (Lipinski definition) is 1. The second-order valence-corrected chi connectivity index (χ2v) is 15.6. The van der Waals surface area contributed by atoms with Crippen LogP contribution in [-0.4, -0.2) is 60.4 Å². The Bertz CT molecular complexity index is 1560. The topological polar surface area (TPSA) is 94.2 Å². The molecule has 1 fully saturated rings. The smallest absolute Gasteiger partial charge is 0.264 e. The van der Waals surface area contributed by atoms with Gasteiger partial charge in [-0.3, -0.25) is 4.79 Å². The third kappa shape index (κ3) is 5.65. The zero-order valence-electron chi connectivity index (χ0n) is 26.0. The van der Waals surface area contributed by atoms with Crippen molar-refractivity contribution < 1.29 is 27.4 Å². The summed E-state index contributed by atoms with van der Waals surface area (Å²) in [5.41, 5.74) is 2.85. The molecular formula is C34H43ClN2O6S. The minimum Gasteiger partial charge on any atom is -0.490 e. The minimum absolute atomic E-state index is 0.0181. The fourth-order valence-corrected chi connectivity index (χ4v) is 9.22. The zero-order chi connectivity index (χ0) is 31.3. The minimum atomic E-state index is -4.18. The number of carbonyl (C=O) groups is 1. The summed E-state index contributed by atoms with van der Waals surface area (Å²) in [5.74, 6) is -0.0123. The first kappa shape index (κ1) is 31.4. The summed E-state index contributed by atoms with van der Waals surface area (Å²) < 4.78 is 47.6. The molecule has 10 heteroatoms. The Hall–Kier alpha value is -2.59. The zero-order valence-corrected chi connectivity index (χ0v) is 27.5. The lowest BCUT2D eigenvalue weighted by atomic mass is 9.58. The number of halogens is 1. The van der Waals surface area contributed by atoms with Gasteiger partial charge in [0.05, 0.1) is 23.3 Å². The Morgan fingerprint density at radius 2 is 1.91 bits per heavy atom. The standard InChI is InChI=1S/C34H43ClN2O6S/c1-22-7-5-9-29(41-3)27-14-16-33(27,2)19-37-20-34(15-6-8-23-17-24(35)10-12-26(23)34)21-43-30-13-11-25(18-28(30)37)44(39,40)36-32(38)31(22)42-4/h5,9-13,17-18,22,27,29,31H,6-8,14-16,19-21H2,1-4H3,(H,36,38)/b9-5+/t22-,27-,29-,31+,33?,34-/m0/s1. The number of rotatable bonds is 2. The average molecular weight is 643 g/mol. The summed E-state index contributed by atoms with van der Waals surface area (Å²) in [5, 5.41) is 0.731. The summed E-state index contributed by atoms with van der Waals surface area (Å²) in [6.07, 6.45) is 8.68. The molecule has 1 amide bonds. The van der Waals surface area contributed by atoms with Crippen molar-refractivity contribution in [1.82, 2.24) is 4.72 Å². The Balaban J connectivity index is 1.47. The number of ether oxygens (including phenoxy) is 3.